The molecule has 2 atom stereocenters. The maximum absolute atomic E-state index is 14.0. The van der Waals surface area contributed by atoms with E-state index in [1.165, 1.54) is 11.0 Å². The van der Waals surface area contributed by atoms with Crippen LogP contribution in [0.4, 0.5) is 14.9 Å². The summed E-state index contributed by atoms with van der Waals surface area (Å²) in [6, 6.07) is 4.19. The zero-order valence-electron chi connectivity index (χ0n) is 16.5. The third-order valence-electron chi connectivity index (χ3n) is 5.21. The second-order valence-corrected chi connectivity index (χ2v) is 8.26. The molecule has 28 heavy (non-hydrogen) atoms. The quantitative estimate of drug-likeness (QED) is 0.829. The van der Waals surface area contributed by atoms with Gasteiger partial charge in [0.25, 0.3) is 0 Å². The summed E-state index contributed by atoms with van der Waals surface area (Å²) in [4.78, 5) is 40.7. The topological polar surface area (TPSA) is 81.8 Å². The number of urea groups is 1. The fourth-order valence-electron chi connectivity index (χ4n) is 3.76. The van der Waals surface area contributed by atoms with Gasteiger partial charge in [-0.3, -0.25) is 9.59 Å². The summed E-state index contributed by atoms with van der Waals surface area (Å²) in [5.41, 5.74) is -0.0879. The molecule has 7 nitrogen and oxygen atoms in total. The number of nitrogens with one attached hydrogen (secondary N) is 2. The molecular weight excluding hydrogens is 363 g/mol. The Kier molecular flexibility index (Phi) is 5.58. The van der Waals surface area contributed by atoms with Crippen LogP contribution in [0.2, 0.25) is 0 Å². The molecule has 4 amide bonds. The third kappa shape index (κ3) is 4.10. The number of hydrogen-bond acceptors (Lipinski definition) is 3. The molecule has 0 spiro atoms. The monoisotopic (exact) mass is 390 g/mol. The van der Waals surface area contributed by atoms with Crippen molar-refractivity contribution in [3.63, 3.8) is 0 Å². The first kappa shape index (κ1) is 20.1. The van der Waals surface area contributed by atoms with E-state index in [-0.39, 0.29) is 23.0 Å². The zero-order chi connectivity index (χ0) is 20.5. The standard InChI is InChI=1S/C20H27FN4O3/c1-20(2,3)25-12-10-15(18(25)27)23-19(28)22-14-8-6-11-24(17(14)26)16-9-5-4-7-13(16)21/h4-5,7,9,14-15H,6,8,10-12H2,1-3H3,(H2,22,23,28). The van der Waals surface area contributed by atoms with Crippen molar-refractivity contribution in [2.24, 2.45) is 0 Å². The van der Waals surface area contributed by atoms with E-state index in [1.807, 2.05) is 20.8 Å². The summed E-state index contributed by atoms with van der Waals surface area (Å²) >= 11 is 0. The highest BCUT2D eigenvalue weighted by Crippen LogP contribution is 2.24. The van der Waals surface area contributed by atoms with Crippen LogP contribution in [-0.2, 0) is 9.59 Å². The number of nitrogens with zero attached hydrogens (tertiary/aromatic N) is 2. The number of carbonyl (C=O) groups is 3. The van der Waals surface area contributed by atoms with Gasteiger partial charge in [0.1, 0.15) is 17.9 Å². The van der Waals surface area contributed by atoms with Gasteiger partial charge in [-0.15, -0.1) is 0 Å². The van der Waals surface area contributed by atoms with Gasteiger partial charge in [0.05, 0.1) is 5.69 Å². The first-order valence-corrected chi connectivity index (χ1v) is 9.63. The van der Waals surface area contributed by atoms with Crippen molar-refractivity contribution in [2.75, 3.05) is 18.0 Å². The highest BCUT2D eigenvalue weighted by molar-refractivity contribution is 6.00. The Morgan fingerprint density at radius 1 is 1.04 bits per heavy atom. The average molecular weight is 390 g/mol. The van der Waals surface area contributed by atoms with Gasteiger partial charge >= 0.3 is 6.03 Å². The van der Waals surface area contributed by atoms with Gasteiger partial charge in [0.2, 0.25) is 11.8 Å². The first-order chi connectivity index (χ1) is 13.2. The van der Waals surface area contributed by atoms with Crippen molar-refractivity contribution in [2.45, 2.75) is 57.7 Å². The Bertz CT molecular complexity index is 777. The molecule has 0 radical (unpaired) electrons. The summed E-state index contributed by atoms with van der Waals surface area (Å²) in [6.45, 7) is 6.83. The maximum Gasteiger partial charge on any atom is 0.316 e. The molecule has 2 heterocycles. The van der Waals surface area contributed by atoms with Crippen LogP contribution in [0.5, 0.6) is 0 Å². The zero-order valence-corrected chi connectivity index (χ0v) is 16.5. The molecule has 1 aromatic carbocycles. The van der Waals surface area contributed by atoms with Crippen molar-refractivity contribution in [3.05, 3.63) is 30.1 Å². The normalized spacial score (nSPS) is 23.1. The summed E-state index contributed by atoms with van der Waals surface area (Å²) < 4.78 is 14.0. The number of hydrogen-bond donors (Lipinski definition) is 2. The fourth-order valence-corrected chi connectivity index (χ4v) is 3.76. The van der Waals surface area contributed by atoms with Crippen molar-refractivity contribution in [3.8, 4) is 0 Å². The molecule has 0 aromatic heterocycles. The van der Waals surface area contributed by atoms with Gasteiger partial charge in [-0.25, -0.2) is 9.18 Å². The molecule has 0 saturated carbocycles. The van der Waals surface area contributed by atoms with Crippen molar-refractivity contribution in [1.82, 2.24) is 15.5 Å². The lowest BCUT2D eigenvalue weighted by atomic mass is 10.0. The molecule has 2 fully saturated rings. The van der Waals surface area contributed by atoms with E-state index in [4.69, 9.17) is 0 Å². The Hall–Kier alpha value is -2.64. The van der Waals surface area contributed by atoms with Crippen LogP contribution >= 0.6 is 0 Å². The average Bonchev–Trinajstić information content (AvgIpc) is 2.98. The predicted octanol–water partition coefficient (Wildman–Crippen LogP) is 2.02. The highest BCUT2D eigenvalue weighted by Gasteiger charge is 2.39. The van der Waals surface area contributed by atoms with E-state index in [2.05, 4.69) is 10.6 Å². The smallest absolute Gasteiger partial charge is 0.316 e. The highest BCUT2D eigenvalue weighted by atomic mass is 19.1. The second-order valence-electron chi connectivity index (χ2n) is 8.26. The number of amides is 4. The number of halogens is 1. The van der Waals surface area contributed by atoms with Gasteiger partial charge in [-0.1, -0.05) is 12.1 Å². The molecule has 8 heteroatoms. The van der Waals surface area contributed by atoms with Crippen LogP contribution in [-0.4, -0.2) is 53.5 Å². The number of anilines is 1. The van der Waals surface area contributed by atoms with Crippen molar-refractivity contribution >= 4 is 23.5 Å². The molecule has 0 bridgehead atoms. The molecule has 2 unspecified atom stereocenters. The van der Waals surface area contributed by atoms with Gasteiger partial charge in [-0.2, -0.15) is 0 Å². The Balaban J connectivity index is 1.61. The van der Waals surface area contributed by atoms with E-state index in [1.54, 1.807) is 23.1 Å². The van der Waals surface area contributed by atoms with E-state index in [9.17, 15) is 18.8 Å². The van der Waals surface area contributed by atoms with Crippen LogP contribution in [0.3, 0.4) is 0 Å². The van der Waals surface area contributed by atoms with E-state index in [0.29, 0.717) is 32.4 Å². The van der Waals surface area contributed by atoms with Crippen LogP contribution < -0.4 is 15.5 Å². The van der Waals surface area contributed by atoms with Crippen LogP contribution in [0, 0.1) is 5.82 Å². The molecule has 3 rings (SSSR count). The molecule has 2 saturated heterocycles. The molecule has 2 aliphatic rings. The summed E-state index contributed by atoms with van der Waals surface area (Å²) in [7, 11) is 0. The van der Waals surface area contributed by atoms with Gasteiger partial charge < -0.3 is 20.4 Å². The lowest BCUT2D eigenvalue weighted by Gasteiger charge is -2.33. The Morgan fingerprint density at radius 2 is 1.68 bits per heavy atom. The van der Waals surface area contributed by atoms with Crippen molar-refractivity contribution in [1.29, 1.82) is 0 Å². The molecule has 1 aromatic rings. The lowest BCUT2D eigenvalue weighted by Crippen LogP contribution is -2.56. The second kappa shape index (κ2) is 7.77. The lowest BCUT2D eigenvalue weighted by molar-refractivity contribution is -0.133. The minimum absolute atomic E-state index is 0.120. The summed E-state index contributed by atoms with van der Waals surface area (Å²) in [5, 5.41) is 5.33. The number of para-hydroxylation sites is 1. The molecular formula is C20H27FN4O3. The fraction of sp³-hybridized carbons (Fsp3) is 0.550. The third-order valence-corrected chi connectivity index (χ3v) is 5.21. The predicted molar refractivity (Wildman–Crippen MR) is 103 cm³/mol. The summed E-state index contributed by atoms with van der Waals surface area (Å²) in [5.74, 6) is -0.939. The molecule has 2 N–H and O–H groups in total. The SMILES string of the molecule is CC(C)(C)N1CCC(NC(=O)NC2CCCN(c3ccccc3F)C2=O)C1=O. The molecule has 0 aliphatic carbocycles. The van der Waals surface area contributed by atoms with E-state index in [0.717, 1.165) is 0 Å². The Morgan fingerprint density at radius 3 is 2.29 bits per heavy atom. The number of rotatable bonds is 3. The van der Waals surface area contributed by atoms with Gasteiger partial charge in [0, 0.05) is 18.6 Å². The summed E-state index contributed by atoms with van der Waals surface area (Å²) in [6.07, 6.45) is 1.65. The van der Waals surface area contributed by atoms with Crippen molar-refractivity contribution < 1.29 is 18.8 Å². The number of piperidine rings is 1. The van der Waals surface area contributed by atoms with Crippen LogP contribution in [0.25, 0.3) is 0 Å². The van der Waals surface area contributed by atoms with Gasteiger partial charge in [0.15, 0.2) is 0 Å². The van der Waals surface area contributed by atoms with Gasteiger partial charge in [-0.05, 0) is 52.2 Å². The number of likely N-dealkylation sites (tertiary alicyclic amines) is 1. The number of benzene rings is 1. The molecule has 152 valence electrons. The Labute approximate surface area is 164 Å². The number of carbonyl (C=O) groups excluding carboxylic acids is 3. The minimum Gasteiger partial charge on any atom is -0.336 e. The van der Waals surface area contributed by atoms with E-state index >= 15 is 0 Å². The largest absolute Gasteiger partial charge is 0.336 e. The van der Waals surface area contributed by atoms with Crippen LogP contribution in [0.15, 0.2) is 24.3 Å². The minimum atomic E-state index is -0.747. The molecule has 2 aliphatic heterocycles. The maximum atomic E-state index is 14.0. The van der Waals surface area contributed by atoms with Crippen LogP contribution in [0.1, 0.15) is 40.0 Å². The van der Waals surface area contributed by atoms with E-state index < -0.39 is 23.9 Å². The first-order valence-electron chi connectivity index (χ1n) is 9.63.